The molecule has 2 saturated heterocycles. The Labute approximate surface area is 107 Å². The Hall–Kier alpha value is -1.14. The molecule has 0 aromatic carbocycles. The molecule has 6 nitrogen and oxygen atoms in total. The summed E-state index contributed by atoms with van der Waals surface area (Å²) in [5.41, 5.74) is 0. The van der Waals surface area contributed by atoms with E-state index in [1.165, 1.54) is 7.11 Å². The molecular weight excluding hydrogens is 234 g/mol. The number of carbonyl (C=O) groups is 2. The molecule has 0 radical (unpaired) electrons. The molecule has 18 heavy (non-hydrogen) atoms. The number of piperazine rings is 1. The van der Waals surface area contributed by atoms with Crippen molar-refractivity contribution in [3.8, 4) is 0 Å². The summed E-state index contributed by atoms with van der Waals surface area (Å²) >= 11 is 0. The maximum atomic E-state index is 12.1. The SMILES string of the molecule is COC(=O)CN1CCN(C(=O)[C@@H]2CCCN2)CC1. The summed E-state index contributed by atoms with van der Waals surface area (Å²) in [4.78, 5) is 27.2. The highest BCUT2D eigenvalue weighted by Crippen LogP contribution is 2.10. The van der Waals surface area contributed by atoms with Gasteiger partial charge in [0.1, 0.15) is 0 Å². The van der Waals surface area contributed by atoms with Gasteiger partial charge in [-0.15, -0.1) is 0 Å². The number of carbonyl (C=O) groups excluding carboxylic acids is 2. The van der Waals surface area contributed by atoms with Crippen LogP contribution in [0.4, 0.5) is 0 Å². The first-order valence-electron chi connectivity index (χ1n) is 6.52. The molecular formula is C12H21N3O3. The summed E-state index contributed by atoms with van der Waals surface area (Å²) in [7, 11) is 1.40. The first-order chi connectivity index (χ1) is 8.70. The predicted molar refractivity (Wildman–Crippen MR) is 66.1 cm³/mol. The fourth-order valence-corrected chi connectivity index (χ4v) is 2.49. The molecule has 0 aromatic heterocycles. The summed E-state index contributed by atoms with van der Waals surface area (Å²) in [6, 6.07) is 0.0113. The van der Waals surface area contributed by atoms with Gasteiger partial charge in [-0.25, -0.2) is 0 Å². The molecule has 2 aliphatic rings. The molecule has 102 valence electrons. The highest BCUT2D eigenvalue weighted by atomic mass is 16.5. The van der Waals surface area contributed by atoms with Crippen molar-refractivity contribution in [2.75, 3.05) is 46.4 Å². The Balaban J connectivity index is 1.75. The van der Waals surface area contributed by atoms with E-state index in [4.69, 9.17) is 0 Å². The van der Waals surface area contributed by atoms with E-state index in [1.807, 2.05) is 9.80 Å². The first kappa shape index (κ1) is 13.3. The lowest BCUT2D eigenvalue weighted by Crippen LogP contribution is -2.53. The zero-order valence-corrected chi connectivity index (χ0v) is 10.9. The normalized spacial score (nSPS) is 25.2. The van der Waals surface area contributed by atoms with Crippen LogP contribution in [0.15, 0.2) is 0 Å². The summed E-state index contributed by atoms with van der Waals surface area (Å²) in [5.74, 6) is -0.00236. The molecule has 2 fully saturated rings. The Kier molecular flexibility index (Phi) is 4.54. The van der Waals surface area contributed by atoms with E-state index in [-0.39, 0.29) is 17.9 Å². The van der Waals surface area contributed by atoms with Crippen molar-refractivity contribution in [1.82, 2.24) is 15.1 Å². The Morgan fingerprint density at radius 2 is 2.00 bits per heavy atom. The van der Waals surface area contributed by atoms with Crippen molar-refractivity contribution >= 4 is 11.9 Å². The highest BCUT2D eigenvalue weighted by Gasteiger charge is 2.29. The smallest absolute Gasteiger partial charge is 0.319 e. The molecule has 0 saturated carbocycles. The van der Waals surface area contributed by atoms with Crippen LogP contribution in [0, 0.1) is 0 Å². The largest absolute Gasteiger partial charge is 0.468 e. The van der Waals surface area contributed by atoms with Crippen LogP contribution in [-0.2, 0) is 14.3 Å². The minimum Gasteiger partial charge on any atom is -0.468 e. The Bertz CT molecular complexity index is 308. The fraction of sp³-hybridized carbons (Fsp3) is 0.833. The molecule has 0 spiro atoms. The van der Waals surface area contributed by atoms with Crippen molar-refractivity contribution in [1.29, 1.82) is 0 Å². The average molecular weight is 255 g/mol. The van der Waals surface area contributed by atoms with Gasteiger partial charge in [-0.05, 0) is 19.4 Å². The van der Waals surface area contributed by atoms with Gasteiger partial charge in [-0.3, -0.25) is 14.5 Å². The van der Waals surface area contributed by atoms with Gasteiger partial charge < -0.3 is 15.0 Å². The van der Waals surface area contributed by atoms with Crippen LogP contribution in [0.25, 0.3) is 0 Å². The van der Waals surface area contributed by atoms with E-state index in [9.17, 15) is 9.59 Å². The molecule has 2 aliphatic heterocycles. The third kappa shape index (κ3) is 3.20. The second-order valence-electron chi connectivity index (χ2n) is 4.83. The maximum Gasteiger partial charge on any atom is 0.319 e. The summed E-state index contributed by atoms with van der Waals surface area (Å²) in [5, 5.41) is 3.23. The number of nitrogens with one attached hydrogen (secondary N) is 1. The molecule has 2 rings (SSSR count). The van der Waals surface area contributed by atoms with Crippen LogP contribution in [0.5, 0.6) is 0 Å². The molecule has 0 bridgehead atoms. The quantitative estimate of drug-likeness (QED) is 0.659. The second-order valence-corrected chi connectivity index (χ2v) is 4.83. The van der Waals surface area contributed by atoms with Gasteiger partial charge in [0.05, 0.1) is 19.7 Å². The average Bonchev–Trinajstić information content (AvgIpc) is 2.92. The predicted octanol–water partition coefficient (Wildman–Crippen LogP) is -0.944. The van der Waals surface area contributed by atoms with Crippen LogP contribution < -0.4 is 5.32 Å². The van der Waals surface area contributed by atoms with Gasteiger partial charge in [-0.2, -0.15) is 0 Å². The van der Waals surface area contributed by atoms with Gasteiger partial charge in [0.15, 0.2) is 0 Å². The summed E-state index contributed by atoms with van der Waals surface area (Å²) in [6.45, 7) is 4.15. The third-order valence-electron chi connectivity index (χ3n) is 3.62. The number of nitrogens with zero attached hydrogens (tertiary/aromatic N) is 2. The van der Waals surface area contributed by atoms with E-state index >= 15 is 0 Å². The topological polar surface area (TPSA) is 61.9 Å². The molecule has 6 heteroatoms. The molecule has 0 aliphatic carbocycles. The van der Waals surface area contributed by atoms with Crippen LogP contribution in [0.3, 0.4) is 0 Å². The standard InChI is InChI=1S/C12H21N3O3/c1-18-11(16)9-14-5-7-15(8-6-14)12(17)10-3-2-4-13-10/h10,13H,2-9H2,1H3/t10-/m0/s1. The van der Waals surface area contributed by atoms with Crippen LogP contribution in [0.1, 0.15) is 12.8 Å². The van der Waals surface area contributed by atoms with Crippen molar-refractivity contribution in [2.24, 2.45) is 0 Å². The lowest BCUT2D eigenvalue weighted by Gasteiger charge is -2.35. The van der Waals surface area contributed by atoms with Gasteiger partial charge in [0.2, 0.25) is 5.91 Å². The number of rotatable bonds is 3. The number of amides is 1. The molecule has 0 aromatic rings. The van der Waals surface area contributed by atoms with Crippen molar-refractivity contribution < 1.29 is 14.3 Å². The monoisotopic (exact) mass is 255 g/mol. The Morgan fingerprint density at radius 3 is 2.56 bits per heavy atom. The van der Waals surface area contributed by atoms with Crippen LogP contribution in [0.2, 0.25) is 0 Å². The lowest BCUT2D eigenvalue weighted by molar-refractivity contribution is -0.143. The number of methoxy groups -OCH3 is 1. The minimum atomic E-state index is -0.216. The van der Waals surface area contributed by atoms with Gasteiger partial charge in [-0.1, -0.05) is 0 Å². The first-order valence-corrected chi connectivity index (χ1v) is 6.52. The number of hydrogen-bond donors (Lipinski definition) is 1. The van der Waals surface area contributed by atoms with E-state index < -0.39 is 0 Å². The number of hydrogen-bond acceptors (Lipinski definition) is 5. The van der Waals surface area contributed by atoms with Crippen LogP contribution >= 0.6 is 0 Å². The zero-order chi connectivity index (χ0) is 13.0. The van der Waals surface area contributed by atoms with Crippen molar-refractivity contribution in [2.45, 2.75) is 18.9 Å². The summed E-state index contributed by atoms with van der Waals surface area (Å²) in [6.07, 6.45) is 2.03. The Morgan fingerprint density at radius 1 is 1.28 bits per heavy atom. The molecule has 1 atom stereocenters. The molecule has 0 unspecified atom stereocenters. The third-order valence-corrected chi connectivity index (χ3v) is 3.62. The molecule has 1 amide bonds. The van der Waals surface area contributed by atoms with E-state index in [2.05, 4.69) is 10.1 Å². The van der Waals surface area contributed by atoms with Gasteiger partial charge in [0, 0.05) is 26.2 Å². The van der Waals surface area contributed by atoms with Gasteiger partial charge >= 0.3 is 5.97 Å². The summed E-state index contributed by atoms with van der Waals surface area (Å²) < 4.78 is 4.64. The fourth-order valence-electron chi connectivity index (χ4n) is 2.49. The molecule has 2 heterocycles. The van der Waals surface area contributed by atoms with Crippen molar-refractivity contribution in [3.05, 3.63) is 0 Å². The zero-order valence-electron chi connectivity index (χ0n) is 10.9. The van der Waals surface area contributed by atoms with Gasteiger partial charge in [0.25, 0.3) is 0 Å². The van der Waals surface area contributed by atoms with Crippen molar-refractivity contribution in [3.63, 3.8) is 0 Å². The van der Waals surface area contributed by atoms with E-state index in [0.29, 0.717) is 19.6 Å². The van der Waals surface area contributed by atoms with Crippen LogP contribution in [-0.4, -0.2) is 74.1 Å². The minimum absolute atomic E-state index is 0.0113. The maximum absolute atomic E-state index is 12.1. The molecule has 1 N–H and O–H groups in total. The van der Waals surface area contributed by atoms with E-state index in [0.717, 1.165) is 32.5 Å². The second kappa shape index (κ2) is 6.15. The highest BCUT2D eigenvalue weighted by molar-refractivity contribution is 5.82. The lowest BCUT2D eigenvalue weighted by atomic mass is 10.2. The van der Waals surface area contributed by atoms with E-state index in [1.54, 1.807) is 0 Å². The number of esters is 1. The number of ether oxygens (including phenoxy) is 1.